The van der Waals surface area contributed by atoms with Crippen molar-refractivity contribution in [3.63, 3.8) is 0 Å². The molecule has 3 aromatic rings. The highest BCUT2D eigenvalue weighted by molar-refractivity contribution is 5.81. The Morgan fingerprint density at radius 1 is 1.19 bits per heavy atom. The van der Waals surface area contributed by atoms with Crippen LogP contribution in [0, 0.1) is 10.1 Å². The van der Waals surface area contributed by atoms with Gasteiger partial charge in [-0.1, -0.05) is 48.6 Å². The highest BCUT2D eigenvalue weighted by atomic mass is 19.4. The summed E-state index contributed by atoms with van der Waals surface area (Å²) in [4.78, 5) is 18.5. The molecule has 4 bridgehead atoms. The van der Waals surface area contributed by atoms with Crippen molar-refractivity contribution in [3.05, 3.63) is 81.8 Å². The second kappa shape index (κ2) is 11.9. The van der Waals surface area contributed by atoms with Gasteiger partial charge in [-0.25, -0.2) is 4.98 Å². The van der Waals surface area contributed by atoms with E-state index in [2.05, 4.69) is 15.1 Å². The molecule has 3 aliphatic rings. The fourth-order valence-electron chi connectivity index (χ4n) is 5.88. The first-order chi connectivity index (χ1) is 20.8. The number of hydrogen-bond acceptors (Lipinski definition) is 9. The minimum absolute atomic E-state index is 0.0140. The normalized spacial score (nSPS) is 23.3. The van der Waals surface area contributed by atoms with Crippen LogP contribution in [-0.4, -0.2) is 52.1 Å². The number of alkyl halides is 3. The van der Waals surface area contributed by atoms with E-state index in [0.717, 1.165) is 18.4 Å². The Morgan fingerprint density at radius 3 is 2.77 bits per heavy atom. The molecular weight excluding hydrogens is 567 g/mol. The van der Waals surface area contributed by atoms with Gasteiger partial charge in [0.2, 0.25) is 11.3 Å². The van der Waals surface area contributed by atoms with Crippen molar-refractivity contribution in [2.24, 2.45) is 0 Å². The highest BCUT2D eigenvalue weighted by Crippen LogP contribution is 2.47. The number of nitrogens with zero attached hydrogens (tertiary/aromatic N) is 5. The van der Waals surface area contributed by atoms with Gasteiger partial charge in [-0.2, -0.15) is 13.2 Å². The summed E-state index contributed by atoms with van der Waals surface area (Å²) in [5, 5.41) is 20.0. The number of benzene rings is 1. The zero-order chi connectivity index (χ0) is 30.0. The predicted molar refractivity (Wildman–Crippen MR) is 150 cm³/mol. The molecule has 2 atom stereocenters. The molecule has 0 amide bonds. The molecular formula is C30H30F3N5O5. The van der Waals surface area contributed by atoms with Gasteiger partial charge in [-0.3, -0.25) is 10.1 Å². The number of anilines is 1. The number of fused-ring (bicyclic) bond motifs is 7. The summed E-state index contributed by atoms with van der Waals surface area (Å²) in [5.41, 5.74) is -1.69. The van der Waals surface area contributed by atoms with Crippen molar-refractivity contribution >= 4 is 17.1 Å². The van der Waals surface area contributed by atoms with Crippen molar-refractivity contribution < 1.29 is 32.0 Å². The van der Waals surface area contributed by atoms with Crippen molar-refractivity contribution in [3.8, 4) is 11.6 Å². The summed E-state index contributed by atoms with van der Waals surface area (Å²) in [6.07, 6.45) is 2.90. The first kappa shape index (κ1) is 29.0. The quantitative estimate of drug-likeness (QED) is 0.184. The van der Waals surface area contributed by atoms with Crippen LogP contribution in [0.15, 0.2) is 59.0 Å². The number of nitro groups is 1. The SMILES string of the molecule is O=[N+]([O-])c1cc(C2=CCOCC2)c2nc1-c1nnc(o1)C(OCc1ccccc1)(C(F)(F)F)CC/C=C\C[C@@H]1CCCN21. The molecule has 0 aliphatic carbocycles. The molecule has 0 saturated carbocycles. The van der Waals surface area contributed by atoms with Crippen LogP contribution in [0.4, 0.5) is 24.7 Å². The number of hydrogen-bond donors (Lipinski definition) is 0. The van der Waals surface area contributed by atoms with Crippen LogP contribution in [0.3, 0.4) is 0 Å². The van der Waals surface area contributed by atoms with Gasteiger partial charge in [0, 0.05) is 24.2 Å². The number of allylic oxidation sites excluding steroid dienone is 1. The molecule has 0 radical (unpaired) electrons. The molecule has 5 heterocycles. The lowest BCUT2D eigenvalue weighted by molar-refractivity contribution is -0.384. The topological polar surface area (TPSA) is 117 Å². The summed E-state index contributed by atoms with van der Waals surface area (Å²) in [7, 11) is 0. The Morgan fingerprint density at radius 2 is 2.02 bits per heavy atom. The Bertz CT molecular complexity index is 1540. The van der Waals surface area contributed by atoms with Crippen LogP contribution in [0.2, 0.25) is 0 Å². The standard InChI is InChI=1S/C30H30F3N5O5/c31-30(32,33)29(42-19-20-8-3-1-4-9-20)14-6-2-5-10-22-11-7-15-37(22)26-23(21-12-16-41-17-13-21)18-24(38(39)40)25(34-26)27-35-36-28(29)43-27/h1-5,8-9,12,18,22H,6-7,10-11,13-17,19H2/b5-2-/t22-,29?/m1/s1. The molecule has 226 valence electrons. The van der Waals surface area contributed by atoms with Crippen molar-refractivity contribution in [1.82, 2.24) is 15.2 Å². The first-order valence-electron chi connectivity index (χ1n) is 14.2. The molecule has 0 spiro atoms. The van der Waals surface area contributed by atoms with Gasteiger partial charge in [-0.05, 0) is 49.7 Å². The van der Waals surface area contributed by atoms with E-state index in [-0.39, 0.29) is 24.8 Å². The molecule has 10 nitrogen and oxygen atoms in total. The molecule has 13 heteroatoms. The molecule has 1 fully saturated rings. The number of ether oxygens (including phenoxy) is 2. The van der Waals surface area contributed by atoms with E-state index in [4.69, 9.17) is 18.9 Å². The monoisotopic (exact) mass is 597 g/mol. The fraction of sp³-hybridized carbons (Fsp3) is 0.433. The van der Waals surface area contributed by atoms with Gasteiger partial charge in [-0.15, -0.1) is 10.2 Å². The lowest BCUT2D eigenvalue weighted by atomic mass is 9.95. The van der Waals surface area contributed by atoms with Gasteiger partial charge < -0.3 is 18.8 Å². The zero-order valence-corrected chi connectivity index (χ0v) is 23.3. The first-order valence-corrected chi connectivity index (χ1v) is 14.2. The summed E-state index contributed by atoms with van der Waals surface area (Å²) in [5.74, 6) is -0.802. The summed E-state index contributed by atoms with van der Waals surface area (Å²) < 4.78 is 61.7. The predicted octanol–water partition coefficient (Wildman–Crippen LogP) is 6.53. The molecule has 1 aromatic carbocycles. The molecule has 1 unspecified atom stereocenters. The van der Waals surface area contributed by atoms with Gasteiger partial charge in [0.15, 0.2) is 0 Å². The third kappa shape index (κ3) is 5.66. The van der Waals surface area contributed by atoms with E-state index >= 15 is 0 Å². The van der Waals surface area contributed by atoms with Crippen LogP contribution in [-0.2, 0) is 21.7 Å². The van der Waals surface area contributed by atoms with Crippen molar-refractivity contribution in [2.75, 3.05) is 24.7 Å². The summed E-state index contributed by atoms with van der Waals surface area (Å²) in [6, 6.07) is 9.90. The van der Waals surface area contributed by atoms with Gasteiger partial charge in [0.05, 0.1) is 24.7 Å². The minimum atomic E-state index is -4.94. The maximum Gasteiger partial charge on any atom is 0.426 e. The number of rotatable bonds is 5. The average molecular weight is 598 g/mol. The molecule has 43 heavy (non-hydrogen) atoms. The lowest BCUT2D eigenvalue weighted by Gasteiger charge is -2.32. The van der Waals surface area contributed by atoms with Crippen LogP contribution in [0.25, 0.3) is 17.2 Å². The molecule has 1 saturated heterocycles. The number of halogens is 3. The Balaban J connectivity index is 1.52. The Labute approximate surface area is 245 Å². The number of aromatic nitrogens is 3. The second-order valence-electron chi connectivity index (χ2n) is 10.8. The van der Waals surface area contributed by atoms with E-state index in [9.17, 15) is 23.3 Å². The van der Waals surface area contributed by atoms with Crippen LogP contribution >= 0.6 is 0 Å². The second-order valence-corrected chi connectivity index (χ2v) is 10.8. The van der Waals surface area contributed by atoms with E-state index in [1.54, 1.807) is 36.4 Å². The van der Waals surface area contributed by atoms with Crippen LogP contribution in [0.1, 0.15) is 55.5 Å². The molecule has 2 aromatic heterocycles. The Hall–Kier alpha value is -4.10. The van der Waals surface area contributed by atoms with E-state index in [0.29, 0.717) is 49.5 Å². The van der Waals surface area contributed by atoms with E-state index in [1.807, 2.05) is 12.2 Å². The third-order valence-corrected chi connectivity index (χ3v) is 8.13. The largest absolute Gasteiger partial charge is 0.426 e. The number of pyridine rings is 1. The maximum absolute atomic E-state index is 15.0. The zero-order valence-electron chi connectivity index (χ0n) is 23.3. The highest BCUT2D eigenvalue weighted by Gasteiger charge is 2.61. The minimum Gasteiger partial charge on any atom is -0.415 e. The van der Waals surface area contributed by atoms with Gasteiger partial charge >= 0.3 is 11.9 Å². The van der Waals surface area contributed by atoms with E-state index < -0.39 is 40.6 Å². The average Bonchev–Trinajstić information content (AvgIpc) is 3.68. The Kier molecular flexibility index (Phi) is 8.01. The molecule has 0 N–H and O–H groups in total. The fourth-order valence-corrected chi connectivity index (χ4v) is 5.88. The maximum atomic E-state index is 15.0. The van der Waals surface area contributed by atoms with Crippen LogP contribution in [0.5, 0.6) is 0 Å². The van der Waals surface area contributed by atoms with Crippen molar-refractivity contribution in [1.29, 1.82) is 0 Å². The van der Waals surface area contributed by atoms with Crippen LogP contribution < -0.4 is 4.90 Å². The lowest BCUT2D eigenvalue weighted by Crippen LogP contribution is -2.45. The van der Waals surface area contributed by atoms with Gasteiger partial charge in [0.1, 0.15) is 5.82 Å². The molecule has 6 rings (SSSR count). The smallest absolute Gasteiger partial charge is 0.415 e. The summed E-state index contributed by atoms with van der Waals surface area (Å²) in [6.45, 7) is 1.14. The van der Waals surface area contributed by atoms with Crippen molar-refractivity contribution in [2.45, 2.75) is 63.0 Å². The molecule has 3 aliphatic heterocycles. The third-order valence-electron chi connectivity index (χ3n) is 8.13. The van der Waals surface area contributed by atoms with Gasteiger partial charge in [0.25, 0.3) is 11.8 Å². The van der Waals surface area contributed by atoms with E-state index in [1.165, 1.54) is 6.07 Å². The summed E-state index contributed by atoms with van der Waals surface area (Å²) >= 11 is 0.